The van der Waals surface area contributed by atoms with Gasteiger partial charge in [-0.25, -0.2) is 0 Å². The minimum absolute atomic E-state index is 0.0137. The van der Waals surface area contributed by atoms with E-state index in [-0.39, 0.29) is 29.6 Å². The second-order valence-electron chi connectivity index (χ2n) is 7.65. The van der Waals surface area contributed by atoms with E-state index < -0.39 is 13.0 Å². The quantitative estimate of drug-likeness (QED) is 0.408. The molecule has 1 N–H and O–H groups in total. The Bertz CT molecular complexity index is 425. The van der Waals surface area contributed by atoms with Crippen LogP contribution in [0, 0.1) is 16.2 Å². The molecule has 0 amide bonds. The van der Waals surface area contributed by atoms with Gasteiger partial charge in [-0.2, -0.15) is 0 Å². The van der Waals surface area contributed by atoms with Crippen molar-refractivity contribution in [1.29, 1.82) is 0 Å². The van der Waals surface area contributed by atoms with Gasteiger partial charge in [0, 0.05) is 7.11 Å². The first-order valence-electron chi connectivity index (χ1n) is 7.80. The van der Waals surface area contributed by atoms with Gasteiger partial charge < -0.3 is 14.2 Å². The van der Waals surface area contributed by atoms with Gasteiger partial charge in [-0.1, -0.05) is 41.5 Å². The van der Waals surface area contributed by atoms with E-state index in [2.05, 4.69) is 25.3 Å². The predicted molar refractivity (Wildman–Crippen MR) is 88.9 cm³/mol. The van der Waals surface area contributed by atoms with Crippen LogP contribution in [0.2, 0.25) is 0 Å². The summed E-state index contributed by atoms with van der Waals surface area (Å²) >= 11 is 0. The molecule has 0 spiro atoms. The van der Waals surface area contributed by atoms with Crippen molar-refractivity contribution in [1.82, 2.24) is 0 Å². The summed E-state index contributed by atoms with van der Waals surface area (Å²) in [6, 6.07) is 0. The first-order valence-corrected chi connectivity index (χ1v) is 9.56. The number of rotatable bonds is 8. The van der Waals surface area contributed by atoms with Gasteiger partial charge in [0.2, 0.25) is 0 Å². The maximum absolute atomic E-state index is 12.7. The van der Waals surface area contributed by atoms with Crippen LogP contribution in [0.1, 0.15) is 61.3 Å². The van der Waals surface area contributed by atoms with E-state index in [1.54, 1.807) is 0 Å². The monoisotopic (exact) mass is 336 g/mol. The summed E-state index contributed by atoms with van der Waals surface area (Å²) in [7, 11) is -2.33. The topological polar surface area (TPSA) is 72.8 Å². The van der Waals surface area contributed by atoms with Gasteiger partial charge in [-0.3, -0.25) is 9.36 Å². The van der Waals surface area contributed by atoms with Crippen molar-refractivity contribution in [2.24, 2.45) is 16.2 Å². The lowest BCUT2D eigenvalue weighted by atomic mass is 9.53. The van der Waals surface area contributed by atoms with Crippen LogP contribution in [0.5, 0.6) is 0 Å². The Morgan fingerprint density at radius 2 is 1.64 bits per heavy atom. The molecule has 6 heteroatoms. The third kappa shape index (κ3) is 4.81. The summed E-state index contributed by atoms with van der Waals surface area (Å²) in [6.07, 6.45) is 1.14. The SMILES string of the molecule is CCC(C)(C)C(C)(C(=O)OCCCP(=O)(O)OC)C(C)(C)C. The molecule has 0 aromatic heterocycles. The van der Waals surface area contributed by atoms with Crippen LogP contribution in [-0.2, 0) is 18.6 Å². The summed E-state index contributed by atoms with van der Waals surface area (Å²) < 4.78 is 21.3. The average molecular weight is 336 g/mol. The zero-order chi connectivity index (χ0) is 17.8. The van der Waals surface area contributed by atoms with Crippen molar-refractivity contribution in [3.8, 4) is 0 Å². The maximum atomic E-state index is 12.7. The van der Waals surface area contributed by atoms with Gasteiger partial charge in [0.15, 0.2) is 0 Å². The molecule has 0 radical (unpaired) electrons. The van der Waals surface area contributed by atoms with E-state index in [0.717, 1.165) is 6.42 Å². The maximum Gasteiger partial charge on any atom is 0.327 e. The zero-order valence-electron chi connectivity index (χ0n) is 15.4. The van der Waals surface area contributed by atoms with Crippen molar-refractivity contribution < 1.29 is 23.5 Å². The molecule has 0 fully saturated rings. The predicted octanol–water partition coefficient (Wildman–Crippen LogP) is 4.24. The van der Waals surface area contributed by atoms with Crippen LogP contribution in [-0.4, -0.2) is 30.7 Å². The van der Waals surface area contributed by atoms with Crippen molar-refractivity contribution in [3.63, 3.8) is 0 Å². The van der Waals surface area contributed by atoms with Gasteiger partial charge in [0.25, 0.3) is 0 Å². The highest BCUT2D eigenvalue weighted by Gasteiger charge is 2.54. The van der Waals surface area contributed by atoms with Crippen LogP contribution in [0.4, 0.5) is 0 Å². The molecule has 0 bridgehead atoms. The Balaban J connectivity index is 4.94. The highest BCUT2D eigenvalue weighted by Crippen LogP contribution is 2.53. The minimum Gasteiger partial charge on any atom is -0.465 e. The fourth-order valence-electron chi connectivity index (χ4n) is 2.62. The largest absolute Gasteiger partial charge is 0.465 e. The number of carbonyl (C=O) groups is 1. The van der Waals surface area contributed by atoms with Gasteiger partial charge in [-0.05, 0) is 30.6 Å². The minimum atomic E-state index is -3.54. The van der Waals surface area contributed by atoms with Crippen LogP contribution < -0.4 is 0 Å². The van der Waals surface area contributed by atoms with Crippen LogP contribution in [0.3, 0.4) is 0 Å². The summed E-state index contributed by atoms with van der Waals surface area (Å²) in [5, 5.41) is 0. The second-order valence-corrected chi connectivity index (χ2v) is 9.73. The van der Waals surface area contributed by atoms with E-state index in [4.69, 9.17) is 4.74 Å². The molecule has 0 saturated carbocycles. The van der Waals surface area contributed by atoms with Crippen LogP contribution in [0.15, 0.2) is 0 Å². The fourth-order valence-corrected chi connectivity index (χ4v) is 3.33. The molecule has 0 aliphatic heterocycles. The summed E-state index contributed by atoms with van der Waals surface area (Å²) in [6.45, 7) is 14.4. The molecule has 2 atom stereocenters. The average Bonchev–Trinajstić information content (AvgIpc) is 2.40. The van der Waals surface area contributed by atoms with E-state index >= 15 is 0 Å². The van der Waals surface area contributed by atoms with E-state index in [0.29, 0.717) is 6.42 Å². The zero-order valence-corrected chi connectivity index (χ0v) is 16.3. The number of esters is 1. The molecule has 0 saturated heterocycles. The van der Waals surface area contributed by atoms with Gasteiger partial charge >= 0.3 is 13.6 Å². The van der Waals surface area contributed by atoms with Crippen molar-refractivity contribution in [3.05, 3.63) is 0 Å². The summed E-state index contributed by atoms with van der Waals surface area (Å²) in [4.78, 5) is 22.1. The second kappa shape index (κ2) is 7.46. The molecule has 0 aromatic rings. The lowest BCUT2D eigenvalue weighted by molar-refractivity contribution is -0.174. The van der Waals surface area contributed by atoms with Crippen LogP contribution >= 0.6 is 7.60 Å². The lowest BCUT2D eigenvalue weighted by Gasteiger charge is -2.50. The van der Waals surface area contributed by atoms with Crippen molar-refractivity contribution >= 4 is 13.6 Å². The normalized spacial score (nSPS) is 18.4. The highest BCUT2D eigenvalue weighted by atomic mass is 31.2. The van der Waals surface area contributed by atoms with E-state index in [1.165, 1.54) is 7.11 Å². The Morgan fingerprint density at radius 1 is 1.14 bits per heavy atom. The summed E-state index contributed by atoms with van der Waals surface area (Å²) in [5.74, 6) is -0.253. The van der Waals surface area contributed by atoms with Gasteiger partial charge in [-0.15, -0.1) is 0 Å². The molecule has 0 aliphatic rings. The molecule has 22 heavy (non-hydrogen) atoms. The fraction of sp³-hybridized carbons (Fsp3) is 0.938. The lowest BCUT2D eigenvalue weighted by Crippen LogP contribution is -2.51. The molecule has 0 heterocycles. The number of carbonyl (C=O) groups excluding carboxylic acids is 1. The standard InChI is InChI=1S/C16H33O5P/c1-9-15(5,6)16(7,14(2,3)4)13(17)21-11-10-12-22(18,19)20-8/h9-12H2,1-8H3,(H,18,19). The Labute approximate surface area is 135 Å². The highest BCUT2D eigenvalue weighted by molar-refractivity contribution is 7.52. The van der Waals surface area contributed by atoms with Crippen molar-refractivity contribution in [2.45, 2.75) is 61.3 Å². The van der Waals surface area contributed by atoms with E-state index in [9.17, 15) is 14.3 Å². The van der Waals surface area contributed by atoms with Crippen LogP contribution in [0.25, 0.3) is 0 Å². The molecular formula is C16H33O5P. The molecule has 0 rings (SSSR count). The molecule has 2 unspecified atom stereocenters. The molecule has 0 aromatic carbocycles. The van der Waals surface area contributed by atoms with Crippen molar-refractivity contribution in [2.75, 3.05) is 19.9 Å². The number of ether oxygens (including phenoxy) is 1. The molecule has 0 aliphatic carbocycles. The molecular weight excluding hydrogens is 303 g/mol. The first-order chi connectivity index (χ1) is 9.75. The first kappa shape index (κ1) is 21.6. The third-order valence-corrected chi connectivity index (χ3v) is 6.70. The molecule has 5 nitrogen and oxygen atoms in total. The van der Waals surface area contributed by atoms with Gasteiger partial charge in [0.1, 0.15) is 0 Å². The number of hydrogen-bond donors (Lipinski definition) is 1. The van der Waals surface area contributed by atoms with Gasteiger partial charge in [0.05, 0.1) is 18.2 Å². The Morgan fingerprint density at radius 3 is 2.00 bits per heavy atom. The smallest absolute Gasteiger partial charge is 0.327 e. The Kier molecular flexibility index (Phi) is 7.33. The summed E-state index contributed by atoms with van der Waals surface area (Å²) in [5.41, 5.74) is -1.14. The van der Waals surface area contributed by atoms with E-state index in [1.807, 2.05) is 27.7 Å². The third-order valence-electron chi connectivity index (χ3n) is 5.25. The molecule has 132 valence electrons. The Hall–Kier alpha value is -0.380. The number of hydrogen-bond acceptors (Lipinski definition) is 4.